The molecule has 0 fully saturated rings. The molecule has 3 aromatic rings. The molecule has 1 aliphatic rings. The lowest BCUT2D eigenvalue weighted by Crippen LogP contribution is -2.29. The van der Waals surface area contributed by atoms with Crippen molar-refractivity contribution in [2.24, 2.45) is 0 Å². The number of thioether (sulfide) groups is 1. The summed E-state index contributed by atoms with van der Waals surface area (Å²) < 4.78 is 14.5. The molecule has 1 aliphatic heterocycles. The van der Waals surface area contributed by atoms with Gasteiger partial charge in [0.05, 0.1) is 11.9 Å². The van der Waals surface area contributed by atoms with Gasteiger partial charge < -0.3 is 10.6 Å². The zero-order valence-corrected chi connectivity index (χ0v) is 16.1. The minimum atomic E-state index is -0.411. The zero-order valence-electron chi connectivity index (χ0n) is 15.3. The van der Waals surface area contributed by atoms with Crippen LogP contribution in [0.4, 0.5) is 10.2 Å². The highest BCUT2D eigenvalue weighted by molar-refractivity contribution is 7.98. The number of halogens is 1. The second-order valence-corrected chi connectivity index (χ2v) is 7.36. The van der Waals surface area contributed by atoms with E-state index in [9.17, 15) is 14.0 Å². The Morgan fingerprint density at radius 2 is 2.00 bits per heavy atom. The summed E-state index contributed by atoms with van der Waals surface area (Å²) in [5.74, 6) is 0.935. The van der Waals surface area contributed by atoms with Crippen molar-refractivity contribution in [3.05, 3.63) is 71.2 Å². The minimum absolute atomic E-state index is 0.0467. The molecule has 2 amide bonds. The number of nitrogens with one attached hydrogen (secondary N) is 2. The normalized spacial score (nSPS) is 12.4. The maximum atomic E-state index is 13.0. The molecule has 0 bridgehead atoms. The summed E-state index contributed by atoms with van der Waals surface area (Å²) >= 11 is 1.70. The molecule has 0 unspecified atom stereocenters. The van der Waals surface area contributed by atoms with Crippen LogP contribution in [0, 0.1) is 5.82 Å². The monoisotopic (exact) mass is 412 g/mol. The van der Waals surface area contributed by atoms with Crippen LogP contribution in [-0.4, -0.2) is 31.6 Å². The molecule has 0 saturated heterocycles. The molecule has 3 heterocycles. The van der Waals surface area contributed by atoms with Gasteiger partial charge in [-0.05, 0) is 17.7 Å². The zero-order chi connectivity index (χ0) is 20.2. The molecule has 1 aromatic carbocycles. The van der Waals surface area contributed by atoms with Gasteiger partial charge in [0, 0.05) is 36.0 Å². The molecule has 2 aromatic heterocycles. The molecule has 0 aliphatic carbocycles. The Bertz CT molecular complexity index is 1040. The third kappa shape index (κ3) is 4.43. The van der Waals surface area contributed by atoms with Crippen molar-refractivity contribution in [3.8, 4) is 0 Å². The van der Waals surface area contributed by atoms with Gasteiger partial charge in [-0.25, -0.2) is 14.1 Å². The third-order valence-electron chi connectivity index (χ3n) is 4.34. The Hall–Kier alpha value is -3.27. The van der Waals surface area contributed by atoms with E-state index >= 15 is 0 Å². The van der Waals surface area contributed by atoms with Crippen LogP contribution < -0.4 is 10.6 Å². The lowest BCUT2D eigenvalue weighted by Gasteiger charge is -2.11. The lowest BCUT2D eigenvalue weighted by molar-refractivity contribution is -0.122. The van der Waals surface area contributed by atoms with Crippen molar-refractivity contribution >= 4 is 29.4 Å². The molecule has 10 heteroatoms. The van der Waals surface area contributed by atoms with Gasteiger partial charge in [0.25, 0.3) is 5.91 Å². The summed E-state index contributed by atoms with van der Waals surface area (Å²) in [6, 6.07) is 5.91. The summed E-state index contributed by atoms with van der Waals surface area (Å²) in [5, 5.41) is 10.1. The van der Waals surface area contributed by atoms with Gasteiger partial charge in [0.15, 0.2) is 0 Å². The van der Waals surface area contributed by atoms with Crippen LogP contribution in [0.1, 0.15) is 27.3 Å². The fourth-order valence-electron chi connectivity index (χ4n) is 2.90. The highest BCUT2D eigenvalue weighted by Gasteiger charge is 2.25. The summed E-state index contributed by atoms with van der Waals surface area (Å²) in [6.45, 7) is 0.228. The van der Waals surface area contributed by atoms with Crippen molar-refractivity contribution in [1.82, 2.24) is 25.1 Å². The summed E-state index contributed by atoms with van der Waals surface area (Å²) in [5.41, 5.74) is 2.74. The SMILES string of the molecule is O=C(Cn1nc2c(c1NC(=O)c1cnccn1)CSC2)NCc1ccc(F)cc1. The van der Waals surface area contributed by atoms with Crippen LogP contribution in [0.15, 0.2) is 42.9 Å². The Morgan fingerprint density at radius 3 is 2.76 bits per heavy atom. The molecule has 8 nitrogen and oxygen atoms in total. The van der Waals surface area contributed by atoms with Gasteiger partial charge in [0.2, 0.25) is 5.91 Å². The highest BCUT2D eigenvalue weighted by Crippen LogP contribution is 2.34. The van der Waals surface area contributed by atoms with Crippen molar-refractivity contribution in [3.63, 3.8) is 0 Å². The van der Waals surface area contributed by atoms with E-state index in [2.05, 4.69) is 25.7 Å². The molecule has 0 atom stereocenters. The highest BCUT2D eigenvalue weighted by atomic mass is 32.2. The largest absolute Gasteiger partial charge is 0.350 e. The predicted octanol–water partition coefficient (Wildman–Crippen LogP) is 2.13. The van der Waals surface area contributed by atoms with Gasteiger partial charge in [-0.2, -0.15) is 16.9 Å². The molecule has 0 radical (unpaired) electrons. The Labute approximate surface area is 169 Å². The van der Waals surface area contributed by atoms with Crippen molar-refractivity contribution < 1.29 is 14.0 Å². The number of benzene rings is 1. The molecular weight excluding hydrogens is 395 g/mol. The average molecular weight is 412 g/mol. The summed E-state index contributed by atoms with van der Waals surface area (Å²) in [6.07, 6.45) is 4.30. The van der Waals surface area contributed by atoms with E-state index in [0.29, 0.717) is 11.6 Å². The van der Waals surface area contributed by atoms with Crippen molar-refractivity contribution in [2.45, 2.75) is 24.6 Å². The van der Waals surface area contributed by atoms with Crippen LogP contribution >= 0.6 is 11.8 Å². The van der Waals surface area contributed by atoms with E-state index in [-0.39, 0.29) is 30.5 Å². The van der Waals surface area contributed by atoms with Crippen LogP contribution in [0.2, 0.25) is 0 Å². The van der Waals surface area contributed by atoms with Crippen LogP contribution in [0.25, 0.3) is 0 Å². The molecule has 4 rings (SSSR count). The third-order valence-corrected chi connectivity index (χ3v) is 5.31. The first-order valence-corrected chi connectivity index (χ1v) is 10.0. The quantitative estimate of drug-likeness (QED) is 0.643. The number of carbonyl (C=O) groups is 2. The van der Waals surface area contributed by atoms with Crippen LogP contribution in [0.5, 0.6) is 0 Å². The average Bonchev–Trinajstić information content (AvgIpc) is 3.31. The number of carbonyl (C=O) groups excluding carboxylic acids is 2. The van der Waals surface area contributed by atoms with Gasteiger partial charge in [-0.1, -0.05) is 12.1 Å². The number of rotatable bonds is 6. The van der Waals surface area contributed by atoms with E-state index in [1.54, 1.807) is 23.9 Å². The van der Waals surface area contributed by atoms with E-state index < -0.39 is 5.91 Å². The molecule has 0 spiro atoms. The molecule has 0 saturated carbocycles. The maximum Gasteiger partial charge on any atom is 0.277 e. The van der Waals surface area contributed by atoms with Crippen molar-refractivity contribution in [2.75, 3.05) is 5.32 Å². The van der Waals surface area contributed by atoms with Gasteiger partial charge >= 0.3 is 0 Å². The topological polar surface area (TPSA) is 102 Å². The van der Waals surface area contributed by atoms with Crippen LogP contribution in [-0.2, 0) is 29.4 Å². The maximum absolute atomic E-state index is 13.0. The second kappa shape index (κ2) is 8.39. The summed E-state index contributed by atoms with van der Waals surface area (Å²) in [4.78, 5) is 32.8. The van der Waals surface area contributed by atoms with Gasteiger partial charge in [-0.3, -0.25) is 14.6 Å². The predicted molar refractivity (Wildman–Crippen MR) is 105 cm³/mol. The molecule has 2 N–H and O–H groups in total. The van der Waals surface area contributed by atoms with Gasteiger partial charge in [0.1, 0.15) is 23.9 Å². The Kier molecular flexibility index (Phi) is 5.52. The number of fused-ring (bicyclic) bond motifs is 1. The number of hydrogen-bond donors (Lipinski definition) is 2. The van der Waals surface area contributed by atoms with Crippen molar-refractivity contribution in [1.29, 1.82) is 0 Å². The lowest BCUT2D eigenvalue weighted by atomic mass is 10.2. The first-order chi connectivity index (χ1) is 14.1. The standard InChI is InChI=1S/C19H17FN6O2S/c20-13-3-1-12(2-4-13)7-23-17(27)9-26-18(14-10-29-11-16(14)25-26)24-19(28)15-8-21-5-6-22-15/h1-6,8H,7,9-11H2,(H,23,27)(H,24,28). The molecule has 148 valence electrons. The fourth-order valence-corrected chi connectivity index (χ4v) is 3.94. The number of aromatic nitrogens is 4. The first-order valence-electron chi connectivity index (χ1n) is 8.85. The summed E-state index contributed by atoms with van der Waals surface area (Å²) in [7, 11) is 0. The number of hydrogen-bond acceptors (Lipinski definition) is 6. The van der Waals surface area contributed by atoms with E-state index in [1.165, 1.54) is 35.4 Å². The van der Waals surface area contributed by atoms with E-state index in [1.807, 2.05) is 0 Å². The van der Waals surface area contributed by atoms with E-state index in [0.717, 1.165) is 22.6 Å². The smallest absolute Gasteiger partial charge is 0.277 e. The second-order valence-electron chi connectivity index (χ2n) is 6.37. The minimum Gasteiger partial charge on any atom is -0.350 e. The number of nitrogens with zero attached hydrogens (tertiary/aromatic N) is 4. The molecular formula is C19H17FN6O2S. The number of anilines is 1. The van der Waals surface area contributed by atoms with Crippen LogP contribution in [0.3, 0.4) is 0 Å². The molecule has 29 heavy (non-hydrogen) atoms. The Morgan fingerprint density at radius 1 is 1.17 bits per heavy atom. The fraction of sp³-hybridized carbons (Fsp3) is 0.211. The van der Waals surface area contributed by atoms with E-state index in [4.69, 9.17) is 0 Å². The van der Waals surface area contributed by atoms with Gasteiger partial charge in [-0.15, -0.1) is 0 Å². The Balaban J connectivity index is 1.46. The first kappa shape index (κ1) is 19.1. The number of amides is 2.